The molecule has 0 unspecified atom stereocenters. The molecule has 1 heterocycles. The topological polar surface area (TPSA) is 104 Å². The summed E-state index contributed by atoms with van der Waals surface area (Å²) in [6.07, 6.45) is 4.97. The van der Waals surface area contributed by atoms with Crippen molar-refractivity contribution in [3.05, 3.63) is 53.7 Å². The third-order valence-electron chi connectivity index (χ3n) is 5.10. The van der Waals surface area contributed by atoms with Crippen molar-refractivity contribution < 1.29 is 10.0 Å². The van der Waals surface area contributed by atoms with Gasteiger partial charge in [-0.05, 0) is 55.2 Å². The number of fused-ring (bicyclic) bond motifs is 1. The van der Waals surface area contributed by atoms with E-state index in [1.54, 1.807) is 5.48 Å². The Kier molecular flexibility index (Phi) is 5.97. The van der Waals surface area contributed by atoms with Crippen LogP contribution in [0.25, 0.3) is 22.0 Å². The van der Waals surface area contributed by atoms with Gasteiger partial charge in [0.25, 0.3) is 0 Å². The van der Waals surface area contributed by atoms with Crippen molar-refractivity contribution in [2.24, 2.45) is 0 Å². The van der Waals surface area contributed by atoms with E-state index in [-0.39, 0.29) is 5.91 Å². The molecule has 6 nitrogen and oxygen atoms in total. The number of nitrogens with zero attached hydrogens (tertiary/aromatic N) is 2. The quantitative estimate of drug-likeness (QED) is 0.249. The van der Waals surface area contributed by atoms with Gasteiger partial charge in [0.15, 0.2) is 0 Å². The first kappa shape index (κ1) is 19.5. The van der Waals surface area contributed by atoms with Crippen molar-refractivity contribution in [1.29, 1.82) is 5.26 Å². The Hall–Kier alpha value is -3.30. The highest BCUT2D eigenvalue weighted by Crippen LogP contribution is 2.35. The van der Waals surface area contributed by atoms with Gasteiger partial charge < -0.3 is 10.3 Å². The number of benzene rings is 2. The highest BCUT2D eigenvalue weighted by molar-refractivity contribution is 5.98. The zero-order valence-corrected chi connectivity index (χ0v) is 15.9. The summed E-state index contributed by atoms with van der Waals surface area (Å²) in [6.45, 7) is 2.82. The maximum absolute atomic E-state index is 11.1. The van der Waals surface area contributed by atoms with E-state index in [4.69, 9.17) is 10.9 Å². The highest BCUT2D eigenvalue weighted by atomic mass is 16.5. The fraction of sp³-hybridized carbons (Fsp3) is 0.273. The Morgan fingerprint density at radius 3 is 2.79 bits per heavy atom. The lowest BCUT2D eigenvalue weighted by molar-refractivity contribution is -0.129. The summed E-state index contributed by atoms with van der Waals surface area (Å²) < 4.78 is 2.20. The number of hydroxylamine groups is 1. The summed E-state index contributed by atoms with van der Waals surface area (Å²) in [5, 5.41) is 18.9. The molecule has 0 aliphatic carbocycles. The number of nitrogens with one attached hydrogen (secondary N) is 1. The molecule has 3 aromatic rings. The molecule has 1 aromatic heterocycles. The second kappa shape index (κ2) is 8.59. The van der Waals surface area contributed by atoms with Crippen molar-refractivity contribution in [3.8, 4) is 17.2 Å². The first-order chi connectivity index (χ1) is 13.5. The van der Waals surface area contributed by atoms with Crippen LogP contribution in [0.5, 0.6) is 0 Å². The summed E-state index contributed by atoms with van der Waals surface area (Å²) in [5.41, 5.74) is 13.4. The first-order valence-electron chi connectivity index (χ1n) is 9.36. The number of nitrogens with two attached hydrogens (primary N) is 1. The molecule has 0 saturated carbocycles. The van der Waals surface area contributed by atoms with Crippen molar-refractivity contribution >= 4 is 22.5 Å². The molecular weight excluding hydrogens is 352 g/mol. The number of carbonyl (C=O) groups is 1. The second-order valence-electron chi connectivity index (χ2n) is 6.95. The number of rotatable bonds is 7. The lowest BCUT2D eigenvalue weighted by Crippen LogP contribution is -2.17. The minimum atomic E-state index is -0.352. The molecule has 0 aliphatic rings. The molecule has 3 rings (SSSR count). The molecule has 0 saturated heterocycles. The molecule has 28 heavy (non-hydrogen) atoms. The summed E-state index contributed by atoms with van der Waals surface area (Å²) >= 11 is 0. The average Bonchev–Trinajstić information content (AvgIpc) is 3.07. The van der Waals surface area contributed by atoms with E-state index in [1.807, 2.05) is 37.3 Å². The number of hydrogen-bond donors (Lipinski definition) is 3. The molecule has 1 amide bonds. The van der Waals surface area contributed by atoms with Crippen LogP contribution in [0.1, 0.15) is 36.8 Å². The minimum absolute atomic E-state index is 0.322. The van der Waals surface area contributed by atoms with Crippen LogP contribution in [-0.2, 0) is 11.3 Å². The SMILES string of the molecule is Cc1c(N)cccc1-c1cn(CCCCCC(=O)NO)c2ccc(C#N)cc12. The number of hydrogen-bond acceptors (Lipinski definition) is 4. The van der Waals surface area contributed by atoms with Gasteiger partial charge in [0.05, 0.1) is 11.6 Å². The van der Waals surface area contributed by atoms with Gasteiger partial charge in [-0.25, -0.2) is 5.48 Å². The van der Waals surface area contributed by atoms with Gasteiger partial charge >= 0.3 is 0 Å². The number of aromatic nitrogens is 1. The van der Waals surface area contributed by atoms with Gasteiger partial charge in [-0.1, -0.05) is 18.6 Å². The largest absolute Gasteiger partial charge is 0.398 e. The maximum atomic E-state index is 11.1. The Morgan fingerprint density at radius 1 is 1.21 bits per heavy atom. The number of amides is 1. The van der Waals surface area contributed by atoms with Crippen LogP contribution in [0.2, 0.25) is 0 Å². The van der Waals surface area contributed by atoms with Crippen LogP contribution in [-0.4, -0.2) is 15.7 Å². The Bertz CT molecular complexity index is 1050. The van der Waals surface area contributed by atoms with Crippen molar-refractivity contribution in [2.75, 3.05) is 5.73 Å². The standard InChI is InChI=1S/C22H24N4O2/c1-15-17(6-5-7-20(15)24)19-14-26(11-4-2-3-8-22(27)25-28)21-10-9-16(13-23)12-18(19)21/h5-7,9-10,12,14,28H,2-4,8,11,24H2,1H3,(H,25,27). The number of unbranched alkanes of at least 4 members (excludes halogenated alkanes) is 2. The van der Waals surface area contributed by atoms with Gasteiger partial charge in [0.2, 0.25) is 5.91 Å². The summed E-state index contributed by atoms with van der Waals surface area (Å²) in [6, 6.07) is 13.8. The van der Waals surface area contributed by atoms with Crippen LogP contribution in [0.4, 0.5) is 5.69 Å². The van der Waals surface area contributed by atoms with Crippen LogP contribution in [0.15, 0.2) is 42.6 Å². The van der Waals surface area contributed by atoms with Gasteiger partial charge in [0, 0.05) is 41.3 Å². The summed E-state index contributed by atoms with van der Waals surface area (Å²) in [4.78, 5) is 11.1. The molecule has 6 heteroatoms. The lowest BCUT2D eigenvalue weighted by Gasteiger charge is -2.07. The van der Waals surface area contributed by atoms with E-state index in [0.717, 1.165) is 59.1 Å². The zero-order valence-electron chi connectivity index (χ0n) is 15.9. The molecule has 0 bridgehead atoms. The molecule has 144 valence electrons. The average molecular weight is 376 g/mol. The Labute approximate surface area is 164 Å². The van der Waals surface area contributed by atoms with E-state index in [0.29, 0.717) is 12.0 Å². The van der Waals surface area contributed by atoms with E-state index >= 15 is 0 Å². The lowest BCUT2D eigenvalue weighted by atomic mass is 9.98. The maximum Gasteiger partial charge on any atom is 0.243 e. The van der Waals surface area contributed by atoms with Crippen molar-refractivity contribution in [2.45, 2.75) is 39.2 Å². The minimum Gasteiger partial charge on any atom is -0.398 e. The summed E-state index contributed by atoms with van der Waals surface area (Å²) in [7, 11) is 0. The Balaban J connectivity index is 1.91. The van der Waals surface area contributed by atoms with Gasteiger partial charge in [-0.3, -0.25) is 10.0 Å². The van der Waals surface area contributed by atoms with Gasteiger partial charge in [-0.2, -0.15) is 5.26 Å². The molecule has 4 N–H and O–H groups in total. The third-order valence-corrected chi connectivity index (χ3v) is 5.10. The fourth-order valence-electron chi connectivity index (χ4n) is 3.51. The predicted octanol–water partition coefficient (Wildman–Crippen LogP) is 4.14. The highest BCUT2D eigenvalue weighted by Gasteiger charge is 2.14. The number of carbonyl (C=O) groups excluding carboxylic acids is 1. The first-order valence-corrected chi connectivity index (χ1v) is 9.36. The number of anilines is 1. The van der Waals surface area contributed by atoms with E-state index in [2.05, 4.69) is 22.9 Å². The smallest absolute Gasteiger partial charge is 0.243 e. The van der Waals surface area contributed by atoms with Gasteiger partial charge in [-0.15, -0.1) is 0 Å². The monoisotopic (exact) mass is 376 g/mol. The predicted molar refractivity (Wildman–Crippen MR) is 110 cm³/mol. The molecule has 0 atom stereocenters. The van der Waals surface area contributed by atoms with Crippen LogP contribution < -0.4 is 11.2 Å². The molecule has 2 aromatic carbocycles. The third kappa shape index (κ3) is 4.00. The normalized spacial score (nSPS) is 10.8. The van der Waals surface area contributed by atoms with E-state index < -0.39 is 0 Å². The van der Waals surface area contributed by atoms with Crippen LogP contribution >= 0.6 is 0 Å². The summed E-state index contributed by atoms with van der Waals surface area (Å²) in [5.74, 6) is -0.352. The second-order valence-corrected chi connectivity index (χ2v) is 6.95. The van der Waals surface area contributed by atoms with E-state index in [9.17, 15) is 10.1 Å². The zero-order chi connectivity index (χ0) is 20.1. The Morgan fingerprint density at radius 2 is 2.04 bits per heavy atom. The van der Waals surface area contributed by atoms with Crippen molar-refractivity contribution in [1.82, 2.24) is 10.0 Å². The van der Waals surface area contributed by atoms with Crippen LogP contribution in [0, 0.1) is 18.3 Å². The van der Waals surface area contributed by atoms with Crippen LogP contribution in [0.3, 0.4) is 0 Å². The van der Waals surface area contributed by atoms with E-state index in [1.165, 1.54) is 0 Å². The van der Waals surface area contributed by atoms with Crippen molar-refractivity contribution in [3.63, 3.8) is 0 Å². The number of nitriles is 1. The molecular formula is C22H24N4O2. The molecule has 0 aliphatic heterocycles. The molecule has 0 fully saturated rings. The number of nitrogen functional groups attached to an aromatic ring is 1. The number of aryl methyl sites for hydroxylation is 1. The fourth-order valence-corrected chi connectivity index (χ4v) is 3.51. The molecule has 0 spiro atoms. The molecule has 0 radical (unpaired) electrons. The van der Waals surface area contributed by atoms with Gasteiger partial charge in [0.1, 0.15) is 0 Å².